The number of halogens is 1. The number of methoxy groups -OCH3 is 2. The van der Waals surface area contributed by atoms with Crippen molar-refractivity contribution in [3.63, 3.8) is 0 Å². The molecule has 0 aliphatic carbocycles. The Morgan fingerprint density at radius 1 is 1.11 bits per heavy atom. The van der Waals surface area contributed by atoms with Crippen LogP contribution in [0.25, 0.3) is 11.4 Å². The first-order valence-electron chi connectivity index (χ1n) is 8.12. The highest BCUT2D eigenvalue weighted by Gasteiger charge is 2.27. The first-order valence-corrected chi connectivity index (χ1v) is 10.4. The van der Waals surface area contributed by atoms with Crippen LogP contribution in [0.5, 0.6) is 11.5 Å². The van der Waals surface area contributed by atoms with Crippen LogP contribution in [-0.4, -0.2) is 44.1 Å². The Bertz CT molecular complexity index is 1070. The van der Waals surface area contributed by atoms with Gasteiger partial charge in [0.25, 0.3) is 0 Å². The molecule has 0 spiro atoms. The average molecular weight is 468 g/mol. The topological polar surface area (TPSA) is 94.8 Å². The molecule has 2 aromatic carbocycles. The lowest BCUT2D eigenvalue weighted by molar-refractivity contribution is 0.335. The van der Waals surface area contributed by atoms with E-state index in [9.17, 15) is 8.42 Å². The Hall–Kier alpha value is -2.43. The largest absolute Gasteiger partial charge is 0.497 e. The number of rotatable bonds is 7. The van der Waals surface area contributed by atoms with Gasteiger partial charge in [-0.3, -0.25) is 0 Å². The predicted octanol–water partition coefficient (Wildman–Crippen LogP) is 3.34. The van der Waals surface area contributed by atoms with E-state index in [2.05, 4.69) is 26.1 Å². The summed E-state index contributed by atoms with van der Waals surface area (Å²) in [6, 6.07) is 11.9. The Kier molecular flexibility index (Phi) is 6.01. The molecule has 0 saturated heterocycles. The van der Waals surface area contributed by atoms with E-state index in [0.717, 1.165) is 9.87 Å². The average Bonchev–Trinajstić information content (AvgIpc) is 3.16. The van der Waals surface area contributed by atoms with Crippen LogP contribution in [0, 0.1) is 0 Å². The zero-order valence-electron chi connectivity index (χ0n) is 15.4. The third kappa shape index (κ3) is 4.18. The number of nitrogens with zero attached hydrogens (tertiary/aromatic N) is 3. The molecule has 0 aliphatic rings. The normalized spacial score (nSPS) is 11.6. The van der Waals surface area contributed by atoms with E-state index in [4.69, 9.17) is 14.0 Å². The summed E-state index contributed by atoms with van der Waals surface area (Å²) in [6.07, 6.45) is 0. The van der Waals surface area contributed by atoms with Crippen molar-refractivity contribution in [2.45, 2.75) is 11.4 Å². The molecule has 0 fully saturated rings. The van der Waals surface area contributed by atoms with Gasteiger partial charge < -0.3 is 14.0 Å². The van der Waals surface area contributed by atoms with Crippen LogP contribution >= 0.6 is 15.9 Å². The van der Waals surface area contributed by atoms with Crippen LogP contribution in [-0.2, 0) is 16.6 Å². The molecule has 1 heterocycles. The summed E-state index contributed by atoms with van der Waals surface area (Å²) < 4.78 is 43.1. The smallest absolute Gasteiger partial charge is 0.247 e. The molecule has 3 aromatic rings. The highest BCUT2D eigenvalue weighted by Crippen LogP contribution is 2.30. The molecule has 0 unspecified atom stereocenters. The first-order chi connectivity index (χ1) is 13.3. The molecular weight excluding hydrogens is 450 g/mol. The summed E-state index contributed by atoms with van der Waals surface area (Å²) in [5.74, 6) is 1.50. The van der Waals surface area contributed by atoms with Gasteiger partial charge in [0.15, 0.2) is 0 Å². The molecule has 0 radical (unpaired) electrons. The lowest BCUT2D eigenvalue weighted by atomic mass is 10.2. The molecule has 8 nitrogen and oxygen atoms in total. The fourth-order valence-electron chi connectivity index (χ4n) is 2.47. The second kappa shape index (κ2) is 8.29. The minimum atomic E-state index is -3.83. The second-order valence-corrected chi connectivity index (χ2v) is 8.73. The van der Waals surface area contributed by atoms with E-state index in [0.29, 0.717) is 16.0 Å². The monoisotopic (exact) mass is 467 g/mol. The SMILES string of the molecule is COc1ccc(-c2noc(CN(C)S(=O)(=O)c3cc(Br)ccc3OC)n2)cc1. The van der Waals surface area contributed by atoms with E-state index in [1.165, 1.54) is 20.2 Å². The third-order valence-electron chi connectivity index (χ3n) is 3.99. The third-order valence-corrected chi connectivity index (χ3v) is 6.31. The van der Waals surface area contributed by atoms with Crippen molar-refractivity contribution in [1.29, 1.82) is 0 Å². The maximum absolute atomic E-state index is 12.9. The van der Waals surface area contributed by atoms with Crippen molar-refractivity contribution in [2.75, 3.05) is 21.3 Å². The standard InChI is InChI=1S/C18H18BrN3O5S/c1-22(28(23,24)16-10-13(19)6-9-15(16)26-3)11-17-20-18(21-27-17)12-4-7-14(25-2)8-5-12/h4-10H,11H2,1-3H3. The molecule has 0 saturated carbocycles. The zero-order valence-corrected chi connectivity index (χ0v) is 17.8. The zero-order chi connectivity index (χ0) is 20.3. The Morgan fingerprint density at radius 2 is 1.82 bits per heavy atom. The van der Waals surface area contributed by atoms with Crippen LogP contribution in [0.2, 0.25) is 0 Å². The minimum Gasteiger partial charge on any atom is -0.497 e. The summed E-state index contributed by atoms with van der Waals surface area (Å²) in [4.78, 5) is 4.32. The van der Waals surface area contributed by atoms with Gasteiger partial charge in [0, 0.05) is 17.1 Å². The maximum Gasteiger partial charge on any atom is 0.247 e. The van der Waals surface area contributed by atoms with Crippen molar-refractivity contribution in [3.8, 4) is 22.9 Å². The number of hydrogen-bond donors (Lipinski definition) is 0. The van der Waals surface area contributed by atoms with Crippen LogP contribution < -0.4 is 9.47 Å². The quantitative estimate of drug-likeness (QED) is 0.525. The van der Waals surface area contributed by atoms with Crippen LogP contribution in [0.3, 0.4) is 0 Å². The lowest BCUT2D eigenvalue weighted by Crippen LogP contribution is -2.27. The fourth-order valence-corrected chi connectivity index (χ4v) is 4.28. The van der Waals surface area contributed by atoms with Gasteiger partial charge in [-0.1, -0.05) is 21.1 Å². The van der Waals surface area contributed by atoms with Crippen molar-refractivity contribution < 1.29 is 22.4 Å². The molecule has 10 heteroatoms. The molecule has 0 bridgehead atoms. The number of hydrogen-bond acceptors (Lipinski definition) is 7. The Morgan fingerprint density at radius 3 is 2.46 bits per heavy atom. The highest BCUT2D eigenvalue weighted by atomic mass is 79.9. The molecule has 0 N–H and O–H groups in total. The number of aromatic nitrogens is 2. The van der Waals surface area contributed by atoms with E-state index in [-0.39, 0.29) is 23.1 Å². The van der Waals surface area contributed by atoms with Crippen molar-refractivity contribution >= 4 is 26.0 Å². The lowest BCUT2D eigenvalue weighted by Gasteiger charge is -2.17. The summed E-state index contributed by atoms with van der Waals surface area (Å²) >= 11 is 3.29. The minimum absolute atomic E-state index is 0.0433. The predicted molar refractivity (Wildman–Crippen MR) is 106 cm³/mol. The van der Waals surface area contributed by atoms with E-state index < -0.39 is 10.0 Å². The van der Waals surface area contributed by atoms with E-state index in [1.54, 1.807) is 43.5 Å². The van der Waals surface area contributed by atoms with Gasteiger partial charge in [0.1, 0.15) is 16.4 Å². The van der Waals surface area contributed by atoms with Gasteiger partial charge in [-0.25, -0.2) is 8.42 Å². The fraction of sp³-hybridized carbons (Fsp3) is 0.222. The van der Waals surface area contributed by atoms with E-state index in [1.807, 2.05) is 0 Å². The van der Waals surface area contributed by atoms with Gasteiger partial charge in [-0.05, 0) is 42.5 Å². The Balaban J connectivity index is 1.82. The molecule has 1 aromatic heterocycles. The molecular formula is C18H18BrN3O5S. The van der Waals surface area contributed by atoms with Gasteiger partial charge in [-0.2, -0.15) is 9.29 Å². The van der Waals surface area contributed by atoms with Crippen molar-refractivity contribution in [3.05, 3.63) is 52.8 Å². The van der Waals surface area contributed by atoms with Crippen molar-refractivity contribution in [1.82, 2.24) is 14.4 Å². The van der Waals surface area contributed by atoms with Crippen LogP contribution in [0.15, 0.2) is 56.4 Å². The van der Waals surface area contributed by atoms with Gasteiger partial charge >= 0.3 is 0 Å². The molecule has 148 valence electrons. The van der Waals surface area contributed by atoms with Crippen LogP contribution in [0.1, 0.15) is 5.89 Å². The molecule has 0 atom stereocenters. The molecule has 28 heavy (non-hydrogen) atoms. The maximum atomic E-state index is 12.9. The second-order valence-electron chi connectivity index (χ2n) is 5.80. The molecule has 0 aliphatic heterocycles. The summed E-state index contributed by atoms with van der Waals surface area (Å²) in [6.45, 7) is -0.0822. The summed E-state index contributed by atoms with van der Waals surface area (Å²) in [7, 11) is 0.604. The first kappa shape index (κ1) is 20.3. The molecule has 3 rings (SSSR count). The molecule has 0 amide bonds. The van der Waals surface area contributed by atoms with Gasteiger partial charge in [0.2, 0.25) is 21.7 Å². The van der Waals surface area contributed by atoms with Crippen molar-refractivity contribution in [2.24, 2.45) is 0 Å². The van der Waals surface area contributed by atoms with Gasteiger partial charge in [0.05, 0.1) is 20.8 Å². The van der Waals surface area contributed by atoms with E-state index >= 15 is 0 Å². The summed E-state index contributed by atoms with van der Waals surface area (Å²) in [5, 5.41) is 3.92. The van der Waals surface area contributed by atoms with Gasteiger partial charge in [-0.15, -0.1) is 0 Å². The highest BCUT2D eigenvalue weighted by molar-refractivity contribution is 9.10. The summed E-state index contributed by atoms with van der Waals surface area (Å²) in [5.41, 5.74) is 0.731. The number of ether oxygens (including phenoxy) is 2. The Labute approximate surface area is 171 Å². The van der Waals surface area contributed by atoms with Crippen LogP contribution in [0.4, 0.5) is 0 Å². The number of sulfonamides is 1. The number of benzene rings is 2.